The van der Waals surface area contributed by atoms with E-state index in [2.05, 4.69) is 10.6 Å². The molecule has 0 aromatic heterocycles. The van der Waals surface area contributed by atoms with E-state index in [1.54, 1.807) is 12.1 Å². The van der Waals surface area contributed by atoms with Crippen LogP contribution >= 0.6 is 0 Å². The normalized spacial score (nSPS) is 12.2. The van der Waals surface area contributed by atoms with E-state index < -0.39 is 0 Å². The molecule has 0 aliphatic heterocycles. The van der Waals surface area contributed by atoms with Crippen molar-refractivity contribution in [1.29, 1.82) is 0 Å². The minimum absolute atomic E-state index is 0.0444. The zero-order valence-electron chi connectivity index (χ0n) is 12.6. The van der Waals surface area contributed by atoms with Crippen LogP contribution in [0.25, 0.3) is 0 Å². The molecule has 20 heavy (non-hydrogen) atoms. The zero-order chi connectivity index (χ0) is 15.1. The number of ether oxygens (including phenoxy) is 1. The molecule has 0 heterocycles. The molecule has 0 saturated heterocycles. The molecule has 112 valence electrons. The number of hydrogen-bond donors (Lipinski definition) is 3. The summed E-state index contributed by atoms with van der Waals surface area (Å²) < 4.78 is 5.08. The van der Waals surface area contributed by atoms with Crippen molar-refractivity contribution in [1.82, 2.24) is 10.6 Å². The van der Waals surface area contributed by atoms with Gasteiger partial charge in [-0.3, -0.25) is 4.79 Å². The number of methoxy groups -OCH3 is 1. The molecule has 1 aromatic carbocycles. The van der Waals surface area contributed by atoms with E-state index in [1.807, 2.05) is 26.8 Å². The van der Waals surface area contributed by atoms with Gasteiger partial charge in [-0.05, 0) is 38.5 Å². The highest BCUT2D eigenvalue weighted by atomic mass is 16.5. The molecule has 1 aromatic rings. The van der Waals surface area contributed by atoms with Crippen LogP contribution in [-0.2, 0) is 4.79 Å². The SMILES string of the molecule is COc1cc(C(C)NCCC(=O)NC(C)C)ccc1O. The third-order valence-electron chi connectivity index (χ3n) is 2.96. The van der Waals surface area contributed by atoms with Crippen LogP contribution in [0.4, 0.5) is 0 Å². The van der Waals surface area contributed by atoms with Gasteiger partial charge in [0, 0.05) is 25.0 Å². The number of hydrogen-bond acceptors (Lipinski definition) is 4. The first kappa shape index (κ1) is 16.3. The smallest absolute Gasteiger partial charge is 0.221 e. The number of phenols is 1. The van der Waals surface area contributed by atoms with Gasteiger partial charge in [-0.1, -0.05) is 6.07 Å². The lowest BCUT2D eigenvalue weighted by molar-refractivity contribution is -0.121. The van der Waals surface area contributed by atoms with Gasteiger partial charge in [-0.2, -0.15) is 0 Å². The molecule has 0 aliphatic carbocycles. The molecule has 1 rings (SSSR count). The lowest BCUT2D eigenvalue weighted by atomic mass is 10.1. The van der Waals surface area contributed by atoms with Crippen LogP contribution in [-0.4, -0.2) is 30.7 Å². The van der Waals surface area contributed by atoms with E-state index in [4.69, 9.17) is 4.74 Å². The van der Waals surface area contributed by atoms with Crippen LogP contribution in [0, 0.1) is 0 Å². The van der Waals surface area contributed by atoms with Gasteiger partial charge in [0.2, 0.25) is 5.91 Å². The molecule has 0 saturated carbocycles. The first-order valence-electron chi connectivity index (χ1n) is 6.83. The van der Waals surface area contributed by atoms with E-state index in [-0.39, 0.29) is 23.7 Å². The Balaban J connectivity index is 2.47. The second kappa shape index (κ2) is 7.75. The van der Waals surface area contributed by atoms with Crippen molar-refractivity contribution in [2.24, 2.45) is 0 Å². The lowest BCUT2D eigenvalue weighted by Gasteiger charge is -2.16. The van der Waals surface area contributed by atoms with E-state index in [0.29, 0.717) is 18.7 Å². The molecule has 5 nitrogen and oxygen atoms in total. The second-order valence-corrected chi connectivity index (χ2v) is 5.08. The predicted octanol–water partition coefficient (Wildman–Crippen LogP) is 1.97. The maximum atomic E-state index is 11.5. The molecule has 0 radical (unpaired) electrons. The molecule has 0 spiro atoms. The number of carbonyl (C=O) groups excluding carboxylic acids is 1. The highest BCUT2D eigenvalue weighted by Gasteiger charge is 2.10. The molecule has 0 aliphatic rings. The average Bonchev–Trinajstić information content (AvgIpc) is 2.38. The van der Waals surface area contributed by atoms with Crippen molar-refractivity contribution < 1.29 is 14.6 Å². The van der Waals surface area contributed by atoms with Crippen LogP contribution in [0.1, 0.15) is 38.8 Å². The van der Waals surface area contributed by atoms with Crippen molar-refractivity contribution >= 4 is 5.91 Å². The van der Waals surface area contributed by atoms with Crippen LogP contribution in [0.15, 0.2) is 18.2 Å². The van der Waals surface area contributed by atoms with Gasteiger partial charge < -0.3 is 20.5 Å². The average molecular weight is 280 g/mol. The molecular weight excluding hydrogens is 256 g/mol. The largest absolute Gasteiger partial charge is 0.504 e. The third kappa shape index (κ3) is 5.09. The highest BCUT2D eigenvalue weighted by molar-refractivity contribution is 5.76. The van der Waals surface area contributed by atoms with Crippen molar-refractivity contribution in [3.63, 3.8) is 0 Å². The Kier molecular flexibility index (Phi) is 6.31. The summed E-state index contributed by atoms with van der Waals surface area (Å²) in [6.45, 7) is 6.49. The quantitative estimate of drug-likeness (QED) is 0.714. The Bertz CT molecular complexity index is 447. The van der Waals surface area contributed by atoms with Crippen molar-refractivity contribution in [2.75, 3.05) is 13.7 Å². The summed E-state index contributed by atoms with van der Waals surface area (Å²) in [4.78, 5) is 11.5. The van der Waals surface area contributed by atoms with E-state index in [9.17, 15) is 9.90 Å². The number of benzene rings is 1. The molecule has 0 fully saturated rings. The van der Waals surface area contributed by atoms with Crippen LogP contribution < -0.4 is 15.4 Å². The summed E-state index contributed by atoms with van der Waals surface area (Å²) in [5, 5.41) is 15.7. The van der Waals surface area contributed by atoms with E-state index in [0.717, 1.165) is 5.56 Å². The van der Waals surface area contributed by atoms with Crippen LogP contribution in [0.2, 0.25) is 0 Å². The maximum Gasteiger partial charge on any atom is 0.221 e. The van der Waals surface area contributed by atoms with Crippen molar-refractivity contribution in [3.8, 4) is 11.5 Å². The molecule has 3 N–H and O–H groups in total. The minimum atomic E-state index is 0.0444. The standard InChI is InChI=1S/C15H24N2O3/c1-10(2)17-15(19)7-8-16-11(3)12-5-6-13(18)14(9-12)20-4/h5-6,9-11,16,18H,7-8H2,1-4H3,(H,17,19). The molecular formula is C15H24N2O3. The second-order valence-electron chi connectivity index (χ2n) is 5.08. The number of aromatic hydroxyl groups is 1. The molecule has 0 bridgehead atoms. The maximum absolute atomic E-state index is 11.5. The minimum Gasteiger partial charge on any atom is -0.504 e. The zero-order valence-corrected chi connectivity index (χ0v) is 12.6. The number of carbonyl (C=O) groups is 1. The molecule has 1 amide bonds. The van der Waals surface area contributed by atoms with Gasteiger partial charge in [-0.15, -0.1) is 0 Å². The van der Waals surface area contributed by atoms with Gasteiger partial charge in [0.25, 0.3) is 0 Å². The first-order chi connectivity index (χ1) is 9.43. The summed E-state index contributed by atoms with van der Waals surface area (Å²) in [6.07, 6.45) is 0.442. The first-order valence-corrected chi connectivity index (χ1v) is 6.83. The van der Waals surface area contributed by atoms with Crippen LogP contribution in [0.3, 0.4) is 0 Å². The summed E-state index contributed by atoms with van der Waals surface area (Å²) in [5.41, 5.74) is 1.00. The Morgan fingerprint density at radius 3 is 2.65 bits per heavy atom. The van der Waals surface area contributed by atoms with Gasteiger partial charge in [0.05, 0.1) is 7.11 Å². The van der Waals surface area contributed by atoms with Crippen LogP contribution in [0.5, 0.6) is 11.5 Å². The lowest BCUT2D eigenvalue weighted by Crippen LogP contribution is -2.33. The predicted molar refractivity (Wildman–Crippen MR) is 79.0 cm³/mol. The highest BCUT2D eigenvalue weighted by Crippen LogP contribution is 2.28. The summed E-state index contributed by atoms with van der Waals surface area (Å²) in [6, 6.07) is 5.49. The fraction of sp³-hybridized carbons (Fsp3) is 0.533. The number of phenolic OH excluding ortho intramolecular Hbond substituents is 1. The fourth-order valence-corrected chi connectivity index (χ4v) is 1.88. The monoisotopic (exact) mass is 280 g/mol. The Labute approximate surface area is 120 Å². The summed E-state index contributed by atoms with van der Waals surface area (Å²) in [7, 11) is 1.52. The van der Waals surface area contributed by atoms with E-state index >= 15 is 0 Å². The van der Waals surface area contributed by atoms with Gasteiger partial charge >= 0.3 is 0 Å². The summed E-state index contributed by atoms with van der Waals surface area (Å²) in [5.74, 6) is 0.622. The van der Waals surface area contributed by atoms with Crippen molar-refractivity contribution in [3.05, 3.63) is 23.8 Å². The van der Waals surface area contributed by atoms with Gasteiger partial charge in [0.1, 0.15) is 0 Å². The number of rotatable bonds is 7. The molecule has 5 heteroatoms. The molecule has 1 unspecified atom stereocenters. The third-order valence-corrected chi connectivity index (χ3v) is 2.96. The number of nitrogens with one attached hydrogen (secondary N) is 2. The molecule has 1 atom stereocenters. The Morgan fingerprint density at radius 1 is 1.35 bits per heavy atom. The van der Waals surface area contributed by atoms with Gasteiger partial charge in [-0.25, -0.2) is 0 Å². The topological polar surface area (TPSA) is 70.6 Å². The van der Waals surface area contributed by atoms with Gasteiger partial charge in [0.15, 0.2) is 11.5 Å². The Hall–Kier alpha value is -1.75. The number of amides is 1. The van der Waals surface area contributed by atoms with E-state index in [1.165, 1.54) is 7.11 Å². The Morgan fingerprint density at radius 2 is 2.05 bits per heavy atom. The fourth-order valence-electron chi connectivity index (χ4n) is 1.88. The van der Waals surface area contributed by atoms with Crippen molar-refractivity contribution in [2.45, 2.75) is 39.3 Å². The summed E-state index contributed by atoms with van der Waals surface area (Å²) >= 11 is 0.